The summed E-state index contributed by atoms with van der Waals surface area (Å²) in [5.41, 5.74) is -2.36. The zero-order chi connectivity index (χ0) is 11.5. The molecular weight excluding hydrogens is 207 g/mol. The molecule has 2 atom stereocenters. The molecule has 0 radical (unpaired) electrons. The molecule has 1 aliphatic rings. The second kappa shape index (κ2) is 4.07. The lowest BCUT2D eigenvalue weighted by Crippen LogP contribution is -2.51. The molecule has 0 aromatic rings. The van der Waals surface area contributed by atoms with Gasteiger partial charge in [-0.05, 0) is 6.08 Å². The minimum atomic E-state index is -4.52. The smallest absolute Gasteiger partial charge is 0.364 e. The summed E-state index contributed by atoms with van der Waals surface area (Å²) in [6.07, 6.45) is 0.323. The Morgan fingerprint density at radius 2 is 2.13 bits per heavy atom. The zero-order valence-corrected chi connectivity index (χ0v) is 8.08. The average molecular weight is 217 g/mol. The summed E-state index contributed by atoms with van der Waals surface area (Å²) < 4.78 is 43.1. The summed E-state index contributed by atoms with van der Waals surface area (Å²) in [4.78, 5) is 0. The van der Waals surface area contributed by atoms with Crippen molar-refractivity contribution in [3.05, 3.63) is 24.3 Å². The first-order valence-electron chi connectivity index (χ1n) is 4.33. The molecule has 82 valence electrons. The minimum Gasteiger partial charge on any atom is -0.364 e. The van der Waals surface area contributed by atoms with Gasteiger partial charge in [0.1, 0.15) is 0 Å². The first kappa shape index (κ1) is 11.8. The Labute approximate surface area is 85.6 Å². The van der Waals surface area contributed by atoms with Gasteiger partial charge in [-0.15, -0.1) is 0 Å². The van der Waals surface area contributed by atoms with E-state index in [0.29, 0.717) is 0 Å². The maximum absolute atomic E-state index is 12.9. The molecule has 0 bridgehead atoms. The Balaban J connectivity index is 3.11. The molecule has 0 fully saturated rings. The predicted octanol–water partition coefficient (Wildman–Crippen LogP) is 2.59. The van der Waals surface area contributed by atoms with E-state index in [-0.39, 0.29) is 6.42 Å². The third kappa shape index (κ3) is 1.90. The highest BCUT2D eigenvalue weighted by Crippen LogP contribution is 2.43. The molecule has 1 aliphatic carbocycles. The lowest BCUT2D eigenvalue weighted by molar-refractivity contribution is -0.262. The topological polar surface area (TPSA) is 33.0 Å². The van der Waals surface area contributed by atoms with Crippen LogP contribution < -0.4 is 0 Å². The molecular formula is C10H10F3NO. The Morgan fingerprint density at radius 3 is 2.60 bits per heavy atom. The van der Waals surface area contributed by atoms with E-state index in [9.17, 15) is 13.2 Å². The normalized spacial score (nSPS) is 30.2. The molecule has 0 aromatic heterocycles. The summed E-state index contributed by atoms with van der Waals surface area (Å²) in [5, 5.41) is 8.48. The van der Waals surface area contributed by atoms with E-state index in [4.69, 9.17) is 5.26 Å². The van der Waals surface area contributed by atoms with Crippen LogP contribution in [-0.2, 0) is 4.74 Å². The number of rotatable bonds is 2. The SMILES string of the molecule is CO[C@]1(C(F)(F)F)C=CC=C[C@H]1CC#N. The number of allylic oxidation sites excluding steroid dienone is 2. The number of alkyl halides is 3. The molecule has 0 aromatic carbocycles. The van der Waals surface area contributed by atoms with Crippen LogP contribution in [0.4, 0.5) is 13.2 Å². The fourth-order valence-electron chi connectivity index (χ4n) is 1.62. The van der Waals surface area contributed by atoms with E-state index >= 15 is 0 Å². The zero-order valence-electron chi connectivity index (χ0n) is 8.08. The monoisotopic (exact) mass is 217 g/mol. The van der Waals surface area contributed by atoms with Gasteiger partial charge in [-0.2, -0.15) is 18.4 Å². The van der Waals surface area contributed by atoms with Crippen molar-refractivity contribution < 1.29 is 17.9 Å². The van der Waals surface area contributed by atoms with Crippen molar-refractivity contribution in [1.29, 1.82) is 5.26 Å². The summed E-state index contributed by atoms with van der Waals surface area (Å²) >= 11 is 0. The Kier molecular flexibility index (Phi) is 3.20. The molecule has 1 rings (SSSR count). The molecule has 0 spiro atoms. The van der Waals surface area contributed by atoms with Crippen LogP contribution in [0.15, 0.2) is 24.3 Å². The van der Waals surface area contributed by atoms with E-state index in [0.717, 1.165) is 13.2 Å². The molecule has 2 nitrogen and oxygen atoms in total. The number of halogens is 3. The van der Waals surface area contributed by atoms with Crippen molar-refractivity contribution >= 4 is 0 Å². The minimum absolute atomic E-state index is 0.228. The predicted molar refractivity (Wildman–Crippen MR) is 47.8 cm³/mol. The van der Waals surface area contributed by atoms with E-state index in [1.54, 1.807) is 6.07 Å². The van der Waals surface area contributed by atoms with Gasteiger partial charge >= 0.3 is 6.18 Å². The number of methoxy groups -OCH3 is 1. The largest absolute Gasteiger partial charge is 0.421 e. The summed E-state index contributed by atoms with van der Waals surface area (Å²) in [6, 6.07) is 1.73. The summed E-state index contributed by atoms with van der Waals surface area (Å²) in [5.74, 6) is -0.988. The van der Waals surface area contributed by atoms with Gasteiger partial charge in [-0.25, -0.2) is 0 Å². The summed E-state index contributed by atoms with van der Waals surface area (Å²) in [7, 11) is 1.00. The van der Waals surface area contributed by atoms with Crippen LogP contribution >= 0.6 is 0 Å². The number of hydrogen-bond donors (Lipinski definition) is 0. The molecule has 0 unspecified atom stereocenters. The molecule has 15 heavy (non-hydrogen) atoms. The Bertz CT molecular complexity index is 327. The van der Waals surface area contributed by atoms with Gasteiger partial charge in [0.05, 0.1) is 6.07 Å². The molecule has 0 heterocycles. The maximum Gasteiger partial charge on any atom is 0.421 e. The van der Waals surface area contributed by atoms with Gasteiger partial charge in [-0.1, -0.05) is 18.2 Å². The van der Waals surface area contributed by atoms with Crippen LogP contribution in [0.1, 0.15) is 6.42 Å². The Hall–Kier alpha value is -1.28. The van der Waals surface area contributed by atoms with Crippen molar-refractivity contribution in [2.75, 3.05) is 7.11 Å². The van der Waals surface area contributed by atoms with E-state index < -0.39 is 17.7 Å². The van der Waals surface area contributed by atoms with Gasteiger partial charge in [0.2, 0.25) is 0 Å². The molecule has 0 amide bonds. The number of ether oxygens (including phenoxy) is 1. The highest BCUT2D eigenvalue weighted by molar-refractivity contribution is 5.25. The molecule has 5 heteroatoms. The van der Waals surface area contributed by atoms with Crippen molar-refractivity contribution in [1.82, 2.24) is 0 Å². The number of nitrogens with zero attached hydrogens (tertiary/aromatic N) is 1. The molecule has 0 saturated carbocycles. The molecule has 0 N–H and O–H groups in total. The second-order valence-corrected chi connectivity index (χ2v) is 3.21. The van der Waals surface area contributed by atoms with Gasteiger partial charge in [0.15, 0.2) is 5.60 Å². The van der Waals surface area contributed by atoms with Crippen molar-refractivity contribution in [2.45, 2.75) is 18.2 Å². The highest BCUT2D eigenvalue weighted by Gasteiger charge is 2.58. The van der Waals surface area contributed by atoms with E-state index in [1.165, 1.54) is 18.2 Å². The highest BCUT2D eigenvalue weighted by atomic mass is 19.4. The second-order valence-electron chi connectivity index (χ2n) is 3.21. The van der Waals surface area contributed by atoms with Crippen LogP contribution in [-0.4, -0.2) is 18.9 Å². The van der Waals surface area contributed by atoms with Gasteiger partial charge in [-0.3, -0.25) is 0 Å². The van der Waals surface area contributed by atoms with Crippen LogP contribution in [0.3, 0.4) is 0 Å². The lowest BCUT2D eigenvalue weighted by atomic mass is 9.81. The first-order valence-corrected chi connectivity index (χ1v) is 4.33. The van der Waals surface area contributed by atoms with Crippen molar-refractivity contribution in [2.24, 2.45) is 5.92 Å². The van der Waals surface area contributed by atoms with E-state index in [1.807, 2.05) is 0 Å². The van der Waals surface area contributed by atoms with E-state index in [2.05, 4.69) is 4.74 Å². The average Bonchev–Trinajstić information content (AvgIpc) is 2.17. The fourth-order valence-corrected chi connectivity index (χ4v) is 1.62. The number of nitriles is 1. The first-order chi connectivity index (χ1) is 6.98. The maximum atomic E-state index is 12.9. The van der Waals surface area contributed by atoms with Gasteiger partial charge < -0.3 is 4.74 Å². The van der Waals surface area contributed by atoms with Gasteiger partial charge in [0, 0.05) is 19.4 Å². The molecule has 0 aliphatic heterocycles. The third-order valence-corrected chi connectivity index (χ3v) is 2.44. The third-order valence-electron chi connectivity index (χ3n) is 2.44. The summed E-state index contributed by atoms with van der Waals surface area (Å²) in [6.45, 7) is 0. The quantitative estimate of drug-likeness (QED) is 0.712. The standard InChI is InChI=1S/C10H10F3NO/c1-15-9(10(11,12)13)6-3-2-4-8(9)5-7-14/h2-4,6,8H,5H2,1H3/t8-,9+/m0/s1. The van der Waals surface area contributed by atoms with Crippen molar-refractivity contribution in [3.63, 3.8) is 0 Å². The fraction of sp³-hybridized carbons (Fsp3) is 0.500. The number of hydrogen-bond acceptors (Lipinski definition) is 2. The van der Waals surface area contributed by atoms with Crippen LogP contribution in [0, 0.1) is 17.2 Å². The van der Waals surface area contributed by atoms with Crippen molar-refractivity contribution in [3.8, 4) is 6.07 Å². The van der Waals surface area contributed by atoms with Crippen LogP contribution in [0.5, 0.6) is 0 Å². The molecule has 0 saturated heterocycles. The van der Waals surface area contributed by atoms with Crippen LogP contribution in [0.2, 0.25) is 0 Å². The van der Waals surface area contributed by atoms with Crippen LogP contribution in [0.25, 0.3) is 0 Å². The van der Waals surface area contributed by atoms with Gasteiger partial charge in [0.25, 0.3) is 0 Å². The Morgan fingerprint density at radius 1 is 1.47 bits per heavy atom. The lowest BCUT2D eigenvalue weighted by Gasteiger charge is -2.37.